The summed E-state index contributed by atoms with van der Waals surface area (Å²) in [7, 11) is 0. The lowest BCUT2D eigenvalue weighted by atomic mass is 10.2. The topological polar surface area (TPSA) is 65.4 Å². The Morgan fingerprint density at radius 2 is 2.04 bits per heavy atom. The minimum Gasteiger partial charge on any atom is -0.486 e. The Balaban J connectivity index is 1.36. The van der Waals surface area contributed by atoms with Crippen LogP contribution in [-0.2, 0) is 4.79 Å². The predicted octanol–water partition coefficient (Wildman–Crippen LogP) is 3.51. The maximum atomic E-state index is 14.2. The van der Waals surface area contributed by atoms with Gasteiger partial charge in [0.25, 0.3) is 0 Å². The molecule has 2 aromatic carbocycles. The van der Waals surface area contributed by atoms with Gasteiger partial charge in [0.05, 0.1) is 17.8 Å². The van der Waals surface area contributed by atoms with Crippen LogP contribution in [0, 0.1) is 5.82 Å². The van der Waals surface area contributed by atoms with Crippen LogP contribution in [0.15, 0.2) is 60.0 Å². The number of amides is 1. The van der Waals surface area contributed by atoms with Crippen LogP contribution in [0.25, 0.3) is 5.69 Å². The Kier molecular flexibility index (Phi) is 4.97. The molecule has 1 aliphatic heterocycles. The molecular formula is C19H16FN3O3S. The molecule has 0 fully saturated rings. The smallest absolute Gasteiger partial charge is 0.234 e. The number of hydrogen-bond acceptors (Lipinski definition) is 5. The number of imidazole rings is 1. The van der Waals surface area contributed by atoms with Crippen molar-refractivity contribution in [2.75, 3.05) is 24.3 Å². The molecule has 0 saturated heterocycles. The largest absolute Gasteiger partial charge is 0.486 e. The van der Waals surface area contributed by atoms with Gasteiger partial charge in [0.2, 0.25) is 5.91 Å². The quantitative estimate of drug-likeness (QED) is 0.681. The average Bonchev–Trinajstić information content (AvgIpc) is 3.21. The van der Waals surface area contributed by atoms with Crippen molar-refractivity contribution in [3.8, 4) is 17.2 Å². The van der Waals surface area contributed by atoms with Crippen molar-refractivity contribution < 1.29 is 18.7 Å². The molecule has 3 aromatic rings. The molecule has 1 N–H and O–H groups in total. The van der Waals surface area contributed by atoms with Crippen LogP contribution < -0.4 is 14.8 Å². The number of nitrogens with one attached hydrogen (secondary N) is 1. The van der Waals surface area contributed by atoms with E-state index in [9.17, 15) is 9.18 Å². The number of nitrogens with zero attached hydrogens (tertiary/aromatic N) is 2. The van der Waals surface area contributed by atoms with Crippen LogP contribution in [-0.4, -0.2) is 34.4 Å². The molecule has 2 heterocycles. The first-order chi connectivity index (χ1) is 13.2. The lowest BCUT2D eigenvalue weighted by Gasteiger charge is -2.18. The van der Waals surface area contributed by atoms with Crippen LogP contribution in [0.1, 0.15) is 0 Å². The molecule has 0 aliphatic carbocycles. The summed E-state index contributed by atoms with van der Waals surface area (Å²) in [6, 6.07) is 10.1. The molecule has 0 saturated carbocycles. The number of anilines is 1. The number of carbonyl (C=O) groups excluding carboxylic acids is 1. The van der Waals surface area contributed by atoms with Crippen molar-refractivity contribution in [3.63, 3.8) is 0 Å². The van der Waals surface area contributed by atoms with E-state index >= 15 is 0 Å². The highest BCUT2D eigenvalue weighted by molar-refractivity contribution is 8.00. The number of rotatable bonds is 5. The Labute approximate surface area is 159 Å². The summed E-state index contributed by atoms with van der Waals surface area (Å²) in [5.74, 6) is 0.937. The van der Waals surface area contributed by atoms with Gasteiger partial charge in [-0.05, 0) is 36.4 Å². The Hall–Kier alpha value is -3.00. The van der Waals surface area contributed by atoms with Gasteiger partial charge in [0.1, 0.15) is 19.0 Å². The zero-order valence-corrected chi connectivity index (χ0v) is 15.0. The summed E-state index contributed by atoms with van der Waals surface area (Å²) in [5, 5.41) is 2.71. The zero-order chi connectivity index (χ0) is 18.6. The number of benzene rings is 2. The van der Waals surface area contributed by atoms with Gasteiger partial charge in [0.15, 0.2) is 11.5 Å². The summed E-state index contributed by atoms with van der Waals surface area (Å²) in [4.78, 5) is 17.0. The summed E-state index contributed by atoms with van der Waals surface area (Å²) in [6.07, 6.45) is 4.74. The SMILES string of the molecule is O=C(CSc1ccc2c(c1)OCCO2)Nc1ccc(-n2ccnc2)c(F)c1. The first-order valence-electron chi connectivity index (χ1n) is 8.29. The molecule has 6 nitrogen and oxygen atoms in total. The Morgan fingerprint density at radius 3 is 2.81 bits per heavy atom. The van der Waals surface area contributed by atoms with Crippen molar-refractivity contribution in [1.29, 1.82) is 0 Å². The number of thioether (sulfide) groups is 1. The van der Waals surface area contributed by atoms with E-state index in [1.807, 2.05) is 18.2 Å². The van der Waals surface area contributed by atoms with Crippen LogP contribution >= 0.6 is 11.8 Å². The minimum atomic E-state index is -0.440. The molecular weight excluding hydrogens is 369 g/mol. The molecule has 0 atom stereocenters. The van der Waals surface area contributed by atoms with E-state index in [-0.39, 0.29) is 11.7 Å². The molecule has 27 heavy (non-hydrogen) atoms. The first kappa shape index (κ1) is 17.4. The van der Waals surface area contributed by atoms with E-state index in [4.69, 9.17) is 9.47 Å². The fourth-order valence-electron chi connectivity index (χ4n) is 2.66. The molecule has 1 aliphatic rings. The van der Waals surface area contributed by atoms with Gasteiger partial charge < -0.3 is 19.4 Å². The van der Waals surface area contributed by atoms with Crippen LogP contribution in [0.3, 0.4) is 0 Å². The van der Waals surface area contributed by atoms with Crippen LogP contribution in [0.5, 0.6) is 11.5 Å². The summed E-state index contributed by atoms with van der Waals surface area (Å²) < 4.78 is 26.8. The van der Waals surface area contributed by atoms with Gasteiger partial charge in [-0.2, -0.15) is 0 Å². The highest BCUT2D eigenvalue weighted by atomic mass is 32.2. The number of hydrogen-bond donors (Lipinski definition) is 1. The van der Waals surface area contributed by atoms with E-state index in [1.165, 1.54) is 24.2 Å². The Bertz CT molecular complexity index is 963. The summed E-state index contributed by atoms with van der Waals surface area (Å²) in [6.45, 7) is 1.06. The maximum absolute atomic E-state index is 14.2. The van der Waals surface area contributed by atoms with E-state index < -0.39 is 5.82 Å². The van der Waals surface area contributed by atoms with Gasteiger partial charge >= 0.3 is 0 Å². The summed E-state index contributed by atoms with van der Waals surface area (Å²) in [5.41, 5.74) is 0.778. The third kappa shape index (κ3) is 4.06. The predicted molar refractivity (Wildman–Crippen MR) is 100 cm³/mol. The molecule has 8 heteroatoms. The highest BCUT2D eigenvalue weighted by Crippen LogP contribution is 2.34. The second kappa shape index (κ2) is 7.71. The van der Waals surface area contributed by atoms with Gasteiger partial charge in [-0.15, -0.1) is 11.8 Å². The van der Waals surface area contributed by atoms with Crippen LogP contribution in [0.4, 0.5) is 10.1 Å². The van der Waals surface area contributed by atoms with Gasteiger partial charge in [-0.25, -0.2) is 9.37 Å². The number of ether oxygens (including phenoxy) is 2. The average molecular weight is 385 g/mol. The molecule has 138 valence electrons. The second-order valence-corrected chi connectivity index (χ2v) is 6.83. The fraction of sp³-hybridized carbons (Fsp3) is 0.158. The molecule has 0 bridgehead atoms. The molecule has 0 spiro atoms. The Morgan fingerprint density at radius 1 is 1.19 bits per heavy atom. The first-order valence-corrected chi connectivity index (χ1v) is 9.28. The third-order valence-electron chi connectivity index (χ3n) is 3.90. The van der Waals surface area contributed by atoms with E-state index in [2.05, 4.69) is 10.3 Å². The maximum Gasteiger partial charge on any atom is 0.234 e. The lowest BCUT2D eigenvalue weighted by molar-refractivity contribution is -0.113. The molecule has 4 rings (SSSR count). The lowest BCUT2D eigenvalue weighted by Crippen LogP contribution is -2.15. The normalized spacial score (nSPS) is 12.6. The van der Waals surface area contributed by atoms with Crippen molar-refractivity contribution in [2.45, 2.75) is 4.90 Å². The molecule has 0 unspecified atom stereocenters. The van der Waals surface area contributed by atoms with Crippen molar-refractivity contribution in [2.24, 2.45) is 0 Å². The zero-order valence-electron chi connectivity index (χ0n) is 14.2. The van der Waals surface area contributed by atoms with E-state index in [1.54, 1.807) is 29.1 Å². The van der Waals surface area contributed by atoms with Crippen molar-refractivity contribution in [1.82, 2.24) is 9.55 Å². The standard InChI is InChI=1S/C19H16FN3O3S/c20-15-9-13(1-3-16(15)23-6-5-21-12-23)22-19(24)11-27-14-2-4-17-18(10-14)26-8-7-25-17/h1-6,9-10,12H,7-8,11H2,(H,22,24). The van der Waals surface area contributed by atoms with E-state index in [0.717, 1.165) is 4.90 Å². The van der Waals surface area contributed by atoms with E-state index in [0.29, 0.717) is 36.1 Å². The number of carbonyl (C=O) groups is 1. The highest BCUT2D eigenvalue weighted by Gasteiger charge is 2.13. The fourth-order valence-corrected chi connectivity index (χ4v) is 3.38. The minimum absolute atomic E-state index is 0.199. The molecule has 1 aromatic heterocycles. The van der Waals surface area contributed by atoms with Crippen molar-refractivity contribution in [3.05, 3.63) is 60.9 Å². The van der Waals surface area contributed by atoms with Crippen molar-refractivity contribution >= 4 is 23.4 Å². The van der Waals surface area contributed by atoms with Gasteiger partial charge in [0, 0.05) is 23.0 Å². The molecule has 0 radical (unpaired) electrons. The third-order valence-corrected chi connectivity index (χ3v) is 4.89. The van der Waals surface area contributed by atoms with Gasteiger partial charge in [-0.3, -0.25) is 4.79 Å². The number of aromatic nitrogens is 2. The number of halogens is 1. The monoisotopic (exact) mass is 385 g/mol. The second-order valence-electron chi connectivity index (χ2n) is 5.78. The van der Waals surface area contributed by atoms with Crippen LogP contribution in [0.2, 0.25) is 0 Å². The van der Waals surface area contributed by atoms with Gasteiger partial charge in [-0.1, -0.05) is 0 Å². The molecule has 1 amide bonds. The summed E-state index contributed by atoms with van der Waals surface area (Å²) >= 11 is 1.37. The number of fused-ring (bicyclic) bond motifs is 1.